The first kappa shape index (κ1) is 19.1. The zero-order valence-corrected chi connectivity index (χ0v) is 14.9. The summed E-state index contributed by atoms with van der Waals surface area (Å²) in [5, 5.41) is 10.2. The number of aliphatic hydroxyl groups is 1. The number of aryl methyl sites for hydroxylation is 1. The van der Waals surface area contributed by atoms with Crippen molar-refractivity contribution in [2.45, 2.75) is 47.3 Å². The summed E-state index contributed by atoms with van der Waals surface area (Å²) in [4.78, 5) is 2.32. The number of rotatable bonds is 10. The standard InChI is InChI=1S/C19H33NO2/c1-15(2)10-20(11-18-8-6-17(5)7-9-18)12-19(21)14-22-13-16(3)4/h6-9,15-16,19,21H,10-14H2,1-5H3/t19-/m0/s1. The van der Waals surface area contributed by atoms with Gasteiger partial charge in [0.2, 0.25) is 0 Å². The van der Waals surface area contributed by atoms with Crippen LogP contribution in [-0.4, -0.2) is 42.4 Å². The number of hydrogen-bond acceptors (Lipinski definition) is 3. The van der Waals surface area contributed by atoms with Gasteiger partial charge >= 0.3 is 0 Å². The second-order valence-corrected chi connectivity index (χ2v) is 7.16. The van der Waals surface area contributed by atoms with Gasteiger partial charge in [0.25, 0.3) is 0 Å². The minimum atomic E-state index is -0.428. The molecule has 1 aromatic rings. The van der Waals surface area contributed by atoms with E-state index in [1.165, 1.54) is 11.1 Å². The van der Waals surface area contributed by atoms with Crippen molar-refractivity contribution in [2.24, 2.45) is 11.8 Å². The van der Waals surface area contributed by atoms with Gasteiger partial charge in [0.05, 0.1) is 12.7 Å². The molecule has 0 unspecified atom stereocenters. The van der Waals surface area contributed by atoms with E-state index in [-0.39, 0.29) is 0 Å². The molecule has 3 nitrogen and oxygen atoms in total. The number of aliphatic hydroxyl groups excluding tert-OH is 1. The summed E-state index contributed by atoms with van der Waals surface area (Å²) < 4.78 is 5.55. The Hall–Kier alpha value is -0.900. The molecule has 0 fully saturated rings. The van der Waals surface area contributed by atoms with Crippen molar-refractivity contribution >= 4 is 0 Å². The van der Waals surface area contributed by atoms with E-state index in [0.717, 1.165) is 13.1 Å². The zero-order valence-electron chi connectivity index (χ0n) is 14.9. The number of hydrogen-bond donors (Lipinski definition) is 1. The van der Waals surface area contributed by atoms with Crippen LogP contribution >= 0.6 is 0 Å². The summed E-state index contributed by atoms with van der Waals surface area (Å²) in [5.74, 6) is 1.08. The molecule has 0 amide bonds. The van der Waals surface area contributed by atoms with Gasteiger partial charge < -0.3 is 9.84 Å². The van der Waals surface area contributed by atoms with E-state index in [9.17, 15) is 5.11 Å². The molecule has 0 aliphatic heterocycles. The maximum Gasteiger partial charge on any atom is 0.0900 e. The fourth-order valence-corrected chi connectivity index (χ4v) is 2.46. The predicted octanol–water partition coefficient (Wildman–Crippen LogP) is 3.49. The van der Waals surface area contributed by atoms with E-state index in [1.807, 2.05) is 0 Å². The highest BCUT2D eigenvalue weighted by Gasteiger charge is 2.14. The van der Waals surface area contributed by atoms with Crippen molar-refractivity contribution in [1.29, 1.82) is 0 Å². The van der Waals surface area contributed by atoms with Gasteiger partial charge in [-0.15, -0.1) is 0 Å². The zero-order chi connectivity index (χ0) is 16.5. The summed E-state index contributed by atoms with van der Waals surface area (Å²) in [7, 11) is 0. The summed E-state index contributed by atoms with van der Waals surface area (Å²) in [5.41, 5.74) is 2.57. The third-order valence-corrected chi connectivity index (χ3v) is 3.38. The Morgan fingerprint density at radius 3 is 2.14 bits per heavy atom. The molecule has 1 aromatic carbocycles. The molecule has 0 bridgehead atoms. The van der Waals surface area contributed by atoms with Crippen molar-refractivity contribution in [3.8, 4) is 0 Å². The lowest BCUT2D eigenvalue weighted by atomic mass is 10.1. The first-order valence-electron chi connectivity index (χ1n) is 8.40. The SMILES string of the molecule is Cc1ccc(CN(CC(C)C)C[C@H](O)COCC(C)C)cc1. The van der Waals surface area contributed by atoms with Crippen molar-refractivity contribution in [1.82, 2.24) is 4.90 Å². The Bertz CT molecular complexity index is 400. The lowest BCUT2D eigenvalue weighted by Crippen LogP contribution is -2.37. The van der Waals surface area contributed by atoms with Crippen molar-refractivity contribution < 1.29 is 9.84 Å². The van der Waals surface area contributed by atoms with Gasteiger partial charge in [0, 0.05) is 26.2 Å². The van der Waals surface area contributed by atoms with E-state index in [2.05, 4.69) is 63.8 Å². The number of nitrogens with zero attached hydrogens (tertiary/aromatic N) is 1. The third-order valence-electron chi connectivity index (χ3n) is 3.38. The molecule has 0 aromatic heterocycles. The van der Waals surface area contributed by atoms with Crippen LogP contribution in [0.4, 0.5) is 0 Å². The molecule has 0 heterocycles. The summed E-state index contributed by atoms with van der Waals surface area (Å²) in [6.45, 7) is 14.4. The highest BCUT2D eigenvalue weighted by Crippen LogP contribution is 2.10. The van der Waals surface area contributed by atoms with Crippen LogP contribution in [0, 0.1) is 18.8 Å². The smallest absolute Gasteiger partial charge is 0.0900 e. The molecule has 0 radical (unpaired) electrons. The molecule has 1 N–H and O–H groups in total. The van der Waals surface area contributed by atoms with Gasteiger partial charge in [-0.05, 0) is 24.3 Å². The Morgan fingerprint density at radius 2 is 1.59 bits per heavy atom. The maximum absolute atomic E-state index is 10.2. The molecular formula is C19H33NO2. The van der Waals surface area contributed by atoms with Crippen LogP contribution in [-0.2, 0) is 11.3 Å². The van der Waals surface area contributed by atoms with Crippen LogP contribution in [0.3, 0.4) is 0 Å². The molecule has 1 rings (SSSR count). The third kappa shape index (κ3) is 8.52. The van der Waals surface area contributed by atoms with Crippen LogP contribution in [0.5, 0.6) is 0 Å². The molecule has 0 aliphatic rings. The highest BCUT2D eigenvalue weighted by atomic mass is 16.5. The second-order valence-electron chi connectivity index (χ2n) is 7.16. The van der Waals surface area contributed by atoms with Crippen molar-refractivity contribution in [3.05, 3.63) is 35.4 Å². The summed E-state index contributed by atoms with van der Waals surface area (Å²) in [6, 6.07) is 8.63. The van der Waals surface area contributed by atoms with Crippen LogP contribution in [0.2, 0.25) is 0 Å². The quantitative estimate of drug-likeness (QED) is 0.718. The molecular weight excluding hydrogens is 274 g/mol. The first-order chi connectivity index (χ1) is 10.4. The lowest BCUT2D eigenvalue weighted by molar-refractivity contribution is 0.00523. The average molecular weight is 307 g/mol. The van der Waals surface area contributed by atoms with E-state index in [0.29, 0.717) is 31.6 Å². The Labute approximate surface area is 136 Å². The van der Waals surface area contributed by atoms with Crippen LogP contribution in [0.15, 0.2) is 24.3 Å². The van der Waals surface area contributed by atoms with Gasteiger partial charge in [0.1, 0.15) is 0 Å². The summed E-state index contributed by atoms with van der Waals surface area (Å²) >= 11 is 0. The minimum absolute atomic E-state index is 0.417. The molecule has 22 heavy (non-hydrogen) atoms. The van der Waals surface area contributed by atoms with E-state index in [1.54, 1.807) is 0 Å². The molecule has 0 saturated heterocycles. The van der Waals surface area contributed by atoms with E-state index in [4.69, 9.17) is 4.74 Å². The van der Waals surface area contributed by atoms with E-state index < -0.39 is 6.10 Å². The predicted molar refractivity (Wildman–Crippen MR) is 93.0 cm³/mol. The monoisotopic (exact) mass is 307 g/mol. The second kappa shape index (κ2) is 9.98. The molecule has 0 saturated carbocycles. The van der Waals surface area contributed by atoms with Crippen LogP contribution in [0.25, 0.3) is 0 Å². The Morgan fingerprint density at radius 1 is 0.955 bits per heavy atom. The Kier molecular flexibility index (Phi) is 8.69. The fraction of sp³-hybridized carbons (Fsp3) is 0.684. The average Bonchev–Trinajstić information content (AvgIpc) is 2.40. The molecule has 0 aliphatic carbocycles. The van der Waals surface area contributed by atoms with Gasteiger partial charge in [-0.2, -0.15) is 0 Å². The largest absolute Gasteiger partial charge is 0.389 e. The van der Waals surface area contributed by atoms with Gasteiger partial charge in [-0.25, -0.2) is 0 Å². The van der Waals surface area contributed by atoms with Gasteiger partial charge in [0.15, 0.2) is 0 Å². The molecule has 0 spiro atoms. The topological polar surface area (TPSA) is 32.7 Å². The molecule has 1 atom stereocenters. The van der Waals surface area contributed by atoms with Gasteiger partial charge in [-0.1, -0.05) is 57.5 Å². The van der Waals surface area contributed by atoms with Gasteiger partial charge in [-0.3, -0.25) is 4.90 Å². The van der Waals surface area contributed by atoms with Crippen molar-refractivity contribution in [2.75, 3.05) is 26.3 Å². The van der Waals surface area contributed by atoms with Crippen LogP contribution in [0.1, 0.15) is 38.8 Å². The minimum Gasteiger partial charge on any atom is -0.389 e. The lowest BCUT2D eigenvalue weighted by Gasteiger charge is -2.27. The normalized spacial score (nSPS) is 13.3. The maximum atomic E-state index is 10.2. The van der Waals surface area contributed by atoms with E-state index >= 15 is 0 Å². The fourth-order valence-electron chi connectivity index (χ4n) is 2.46. The highest BCUT2D eigenvalue weighted by molar-refractivity contribution is 5.21. The Balaban J connectivity index is 2.50. The molecule has 3 heteroatoms. The number of benzene rings is 1. The summed E-state index contributed by atoms with van der Waals surface area (Å²) in [6.07, 6.45) is -0.428. The first-order valence-corrected chi connectivity index (χ1v) is 8.40. The van der Waals surface area contributed by atoms with Crippen LogP contribution < -0.4 is 0 Å². The molecule has 126 valence electrons. The van der Waals surface area contributed by atoms with Crippen molar-refractivity contribution in [3.63, 3.8) is 0 Å². The number of ether oxygens (including phenoxy) is 1.